The zero-order valence-corrected chi connectivity index (χ0v) is 14.0. The van der Waals surface area contributed by atoms with Crippen molar-refractivity contribution in [3.63, 3.8) is 0 Å². The molecule has 0 fully saturated rings. The van der Waals surface area contributed by atoms with Crippen LogP contribution in [0.2, 0.25) is 0 Å². The molecule has 21 heavy (non-hydrogen) atoms. The van der Waals surface area contributed by atoms with Crippen molar-refractivity contribution in [2.24, 2.45) is 0 Å². The normalized spacial score (nSPS) is 10.3. The maximum absolute atomic E-state index is 12.1. The number of aryl methyl sites for hydroxylation is 3. The third-order valence-corrected chi connectivity index (χ3v) is 3.97. The van der Waals surface area contributed by atoms with Crippen molar-refractivity contribution in [3.8, 4) is 0 Å². The van der Waals surface area contributed by atoms with E-state index in [9.17, 15) is 4.79 Å². The van der Waals surface area contributed by atoms with Gasteiger partial charge in [-0.3, -0.25) is 4.79 Å². The summed E-state index contributed by atoms with van der Waals surface area (Å²) in [6, 6.07) is 12.0. The molecule has 0 aromatic heterocycles. The lowest BCUT2D eigenvalue weighted by atomic mass is 10.1. The van der Waals surface area contributed by atoms with Gasteiger partial charge in [-0.15, -0.1) is 0 Å². The molecule has 0 bridgehead atoms. The van der Waals surface area contributed by atoms with E-state index in [0.717, 1.165) is 27.0 Å². The summed E-state index contributed by atoms with van der Waals surface area (Å²) >= 11 is 3.49. The van der Waals surface area contributed by atoms with Gasteiger partial charge < -0.3 is 10.6 Å². The van der Waals surface area contributed by atoms with E-state index in [2.05, 4.69) is 26.6 Å². The smallest absolute Gasteiger partial charge is 0.243 e. The van der Waals surface area contributed by atoms with Crippen molar-refractivity contribution in [2.75, 3.05) is 17.2 Å². The second-order valence-corrected chi connectivity index (χ2v) is 6.01. The second-order valence-electron chi connectivity index (χ2n) is 5.15. The van der Waals surface area contributed by atoms with Crippen molar-refractivity contribution in [3.05, 3.63) is 57.6 Å². The lowest BCUT2D eigenvalue weighted by Gasteiger charge is -2.13. The van der Waals surface area contributed by atoms with E-state index < -0.39 is 0 Å². The minimum atomic E-state index is -0.0557. The molecular formula is C17H19BrN2O. The highest BCUT2D eigenvalue weighted by molar-refractivity contribution is 9.10. The molecule has 0 saturated carbocycles. The fourth-order valence-corrected chi connectivity index (χ4v) is 2.77. The summed E-state index contributed by atoms with van der Waals surface area (Å²) in [5.74, 6) is -0.0557. The van der Waals surface area contributed by atoms with Gasteiger partial charge in [0.25, 0.3) is 0 Å². The monoisotopic (exact) mass is 346 g/mol. The maximum Gasteiger partial charge on any atom is 0.243 e. The molecule has 2 aromatic carbocycles. The highest BCUT2D eigenvalue weighted by Gasteiger charge is 2.08. The van der Waals surface area contributed by atoms with Crippen LogP contribution in [0.1, 0.15) is 16.7 Å². The van der Waals surface area contributed by atoms with Gasteiger partial charge in [0, 0.05) is 15.8 Å². The van der Waals surface area contributed by atoms with Crippen LogP contribution < -0.4 is 10.6 Å². The molecule has 0 saturated heterocycles. The van der Waals surface area contributed by atoms with Crippen LogP contribution >= 0.6 is 15.9 Å². The minimum Gasteiger partial charge on any atom is -0.375 e. The first-order chi connectivity index (χ1) is 9.97. The van der Waals surface area contributed by atoms with E-state index in [4.69, 9.17) is 0 Å². The third-order valence-electron chi connectivity index (χ3n) is 3.31. The first-order valence-corrected chi connectivity index (χ1v) is 7.63. The van der Waals surface area contributed by atoms with Gasteiger partial charge in [0.15, 0.2) is 0 Å². The number of amides is 1. The van der Waals surface area contributed by atoms with Crippen LogP contribution in [0.4, 0.5) is 11.4 Å². The van der Waals surface area contributed by atoms with Crippen molar-refractivity contribution in [1.82, 2.24) is 0 Å². The summed E-state index contributed by atoms with van der Waals surface area (Å²) in [6.45, 7) is 6.25. The molecule has 0 aliphatic rings. The standard InChI is InChI=1S/C17H19BrN2O/c1-11-7-8-15(14(18)9-11)19-10-16(21)20-17-12(2)5-4-6-13(17)3/h4-9,19H,10H2,1-3H3,(H,20,21). The van der Waals surface area contributed by atoms with E-state index >= 15 is 0 Å². The van der Waals surface area contributed by atoms with Crippen LogP contribution in [-0.2, 0) is 4.79 Å². The van der Waals surface area contributed by atoms with E-state index in [1.54, 1.807) is 0 Å². The Morgan fingerprint density at radius 3 is 2.38 bits per heavy atom. The molecule has 2 aromatic rings. The number of para-hydroxylation sites is 1. The Bertz CT molecular complexity index is 648. The second kappa shape index (κ2) is 6.76. The molecular weight excluding hydrogens is 328 g/mol. The van der Waals surface area contributed by atoms with E-state index in [-0.39, 0.29) is 12.5 Å². The molecule has 3 nitrogen and oxygen atoms in total. The SMILES string of the molecule is Cc1ccc(NCC(=O)Nc2c(C)cccc2C)c(Br)c1. The fourth-order valence-electron chi connectivity index (χ4n) is 2.13. The van der Waals surface area contributed by atoms with E-state index in [1.807, 2.05) is 57.2 Å². The zero-order chi connectivity index (χ0) is 15.4. The number of carbonyl (C=O) groups is 1. The number of carbonyl (C=O) groups excluding carboxylic acids is 1. The van der Waals surface area contributed by atoms with Crippen LogP contribution in [0.15, 0.2) is 40.9 Å². The molecule has 4 heteroatoms. The Morgan fingerprint density at radius 2 is 1.76 bits per heavy atom. The van der Waals surface area contributed by atoms with Crippen molar-refractivity contribution < 1.29 is 4.79 Å². The summed E-state index contributed by atoms with van der Waals surface area (Å²) in [5.41, 5.74) is 5.12. The number of hydrogen-bond acceptors (Lipinski definition) is 2. The Labute approximate surface area is 133 Å². The van der Waals surface area contributed by atoms with Crippen molar-refractivity contribution in [1.29, 1.82) is 0 Å². The van der Waals surface area contributed by atoms with Crippen LogP contribution in [0.3, 0.4) is 0 Å². The summed E-state index contributed by atoms with van der Waals surface area (Å²) in [5, 5.41) is 6.10. The van der Waals surface area contributed by atoms with Crippen molar-refractivity contribution in [2.45, 2.75) is 20.8 Å². The molecule has 0 aliphatic heterocycles. The Balaban J connectivity index is 1.99. The van der Waals surface area contributed by atoms with Gasteiger partial charge in [-0.1, -0.05) is 24.3 Å². The van der Waals surface area contributed by atoms with Gasteiger partial charge in [-0.05, 0) is 65.5 Å². The topological polar surface area (TPSA) is 41.1 Å². The molecule has 110 valence electrons. The number of rotatable bonds is 4. The average molecular weight is 347 g/mol. The maximum atomic E-state index is 12.1. The Hall–Kier alpha value is -1.81. The van der Waals surface area contributed by atoms with E-state index in [0.29, 0.717) is 0 Å². The number of hydrogen-bond donors (Lipinski definition) is 2. The molecule has 2 rings (SSSR count). The van der Waals surface area contributed by atoms with Gasteiger partial charge in [-0.25, -0.2) is 0 Å². The highest BCUT2D eigenvalue weighted by Crippen LogP contribution is 2.23. The fraction of sp³-hybridized carbons (Fsp3) is 0.235. The minimum absolute atomic E-state index is 0.0557. The number of benzene rings is 2. The molecule has 0 spiro atoms. The van der Waals surface area contributed by atoms with Gasteiger partial charge in [-0.2, -0.15) is 0 Å². The van der Waals surface area contributed by atoms with Gasteiger partial charge in [0.2, 0.25) is 5.91 Å². The predicted octanol–water partition coefficient (Wildman–Crippen LogP) is 4.42. The average Bonchev–Trinajstić information content (AvgIpc) is 2.42. The Morgan fingerprint density at radius 1 is 1.10 bits per heavy atom. The van der Waals surface area contributed by atoms with E-state index in [1.165, 1.54) is 5.56 Å². The molecule has 0 heterocycles. The molecule has 0 aliphatic carbocycles. The van der Waals surface area contributed by atoms with Gasteiger partial charge in [0.05, 0.1) is 6.54 Å². The van der Waals surface area contributed by atoms with Gasteiger partial charge >= 0.3 is 0 Å². The quantitative estimate of drug-likeness (QED) is 0.859. The molecule has 0 unspecified atom stereocenters. The molecule has 0 radical (unpaired) electrons. The lowest BCUT2D eigenvalue weighted by molar-refractivity contribution is -0.114. The number of anilines is 2. The predicted molar refractivity (Wildman–Crippen MR) is 91.9 cm³/mol. The van der Waals surface area contributed by atoms with Gasteiger partial charge in [0.1, 0.15) is 0 Å². The summed E-state index contributed by atoms with van der Waals surface area (Å²) in [7, 11) is 0. The first-order valence-electron chi connectivity index (χ1n) is 6.83. The summed E-state index contributed by atoms with van der Waals surface area (Å²) in [6.07, 6.45) is 0. The number of halogens is 1. The third kappa shape index (κ3) is 4.08. The van der Waals surface area contributed by atoms with Crippen LogP contribution in [0, 0.1) is 20.8 Å². The largest absolute Gasteiger partial charge is 0.375 e. The summed E-state index contributed by atoms with van der Waals surface area (Å²) < 4.78 is 0.961. The first kappa shape index (κ1) is 15.6. The zero-order valence-electron chi connectivity index (χ0n) is 12.5. The van der Waals surface area contributed by atoms with Crippen molar-refractivity contribution >= 4 is 33.2 Å². The number of nitrogens with one attached hydrogen (secondary N) is 2. The summed E-state index contributed by atoms with van der Waals surface area (Å²) in [4.78, 5) is 12.1. The highest BCUT2D eigenvalue weighted by atomic mass is 79.9. The van der Waals surface area contributed by atoms with Crippen LogP contribution in [0.25, 0.3) is 0 Å². The Kier molecular flexibility index (Phi) is 5.02. The van der Waals surface area contributed by atoms with Crippen LogP contribution in [0.5, 0.6) is 0 Å². The molecule has 0 atom stereocenters. The molecule has 1 amide bonds. The lowest BCUT2D eigenvalue weighted by Crippen LogP contribution is -2.22. The van der Waals surface area contributed by atoms with Crippen LogP contribution in [-0.4, -0.2) is 12.5 Å². The molecule has 2 N–H and O–H groups in total.